The quantitative estimate of drug-likeness (QED) is 0.753. The Morgan fingerprint density at radius 2 is 1.80 bits per heavy atom. The third kappa shape index (κ3) is 3.37. The maximum Gasteiger partial charge on any atom is 0.330 e. The lowest BCUT2D eigenvalue weighted by Gasteiger charge is -2.22. The van der Waals surface area contributed by atoms with Crippen LogP contribution in [-0.2, 0) is 30.5 Å². The second-order valence-corrected chi connectivity index (χ2v) is 8.20. The van der Waals surface area contributed by atoms with E-state index in [-0.39, 0.29) is 18.6 Å². The largest absolute Gasteiger partial charge is 0.330 e. The second-order valence-electron chi connectivity index (χ2n) is 5.55. The summed E-state index contributed by atoms with van der Waals surface area (Å²) in [4.78, 5) is 23.4. The number of aromatic nitrogens is 2. The molecule has 0 aliphatic rings. The van der Waals surface area contributed by atoms with Crippen molar-refractivity contribution in [3.63, 3.8) is 0 Å². The fourth-order valence-corrected chi connectivity index (χ4v) is 2.00. The van der Waals surface area contributed by atoms with Gasteiger partial charge in [0.2, 0.25) is 0 Å². The molecule has 20 heavy (non-hydrogen) atoms. The Morgan fingerprint density at radius 3 is 2.30 bits per heavy atom. The molecule has 1 aromatic rings. The maximum atomic E-state index is 11.9. The number of aryl methyl sites for hydroxylation is 1. The summed E-state index contributed by atoms with van der Waals surface area (Å²) in [5, 5.41) is 2.96. The van der Waals surface area contributed by atoms with Crippen LogP contribution >= 0.6 is 0 Å². The van der Waals surface area contributed by atoms with Gasteiger partial charge in [-0.3, -0.25) is 9.36 Å². The van der Waals surface area contributed by atoms with E-state index in [4.69, 9.17) is 0 Å². The van der Waals surface area contributed by atoms with E-state index in [1.165, 1.54) is 24.1 Å². The SMILES string of the molecule is Cn1cc(CNCC(C)(C)S(C)(=O)=O)c(=O)n(C)c1=O. The van der Waals surface area contributed by atoms with Gasteiger partial charge in [-0.1, -0.05) is 0 Å². The summed E-state index contributed by atoms with van der Waals surface area (Å²) in [5.41, 5.74) is -0.355. The Bertz CT molecular complexity index is 713. The fourth-order valence-electron chi connectivity index (χ4n) is 1.63. The van der Waals surface area contributed by atoms with Crippen molar-refractivity contribution in [2.45, 2.75) is 25.1 Å². The average Bonchev–Trinajstić information content (AvgIpc) is 2.31. The Hall–Kier alpha value is -1.41. The van der Waals surface area contributed by atoms with Crippen LogP contribution in [0.3, 0.4) is 0 Å². The average molecular weight is 303 g/mol. The minimum absolute atomic E-state index is 0.208. The molecule has 0 amide bonds. The standard InChI is InChI=1S/C12H21N3O4S/c1-12(2,20(5,18)19)8-13-6-9-7-14(3)11(17)15(4)10(9)16/h7,13H,6,8H2,1-5H3. The zero-order valence-corrected chi connectivity index (χ0v) is 13.2. The summed E-state index contributed by atoms with van der Waals surface area (Å²) in [6.07, 6.45) is 2.64. The summed E-state index contributed by atoms with van der Waals surface area (Å²) in [6.45, 7) is 3.67. The smallest absolute Gasteiger partial charge is 0.311 e. The molecule has 0 saturated carbocycles. The van der Waals surface area contributed by atoms with Crippen molar-refractivity contribution in [3.05, 3.63) is 32.6 Å². The van der Waals surface area contributed by atoms with Crippen molar-refractivity contribution in [2.75, 3.05) is 12.8 Å². The van der Waals surface area contributed by atoms with Gasteiger partial charge in [-0.15, -0.1) is 0 Å². The van der Waals surface area contributed by atoms with E-state index in [2.05, 4.69) is 5.32 Å². The van der Waals surface area contributed by atoms with E-state index in [1.54, 1.807) is 20.9 Å². The fraction of sp³-hybridized carbons (Fsp3) is 0.667. The van der Waals surface area contributed by atoms with Gasteiger partial charge < -0.3 is 9.88 Å². The van der Waals surface area contributed by atoms with Crippen LogP contribution in [0.4, 0.5) is 0 Å². The van der Waals surface area contributed by atoms with Gasteiger partial charge in [0.1, 0.15) is 0 Å². The number of sulfone groups is 1. The first-order chi connectivity index (χ1) is 8.97. The molecular formula is C12H21N3O4S. The molecule has 1 heterocycles. The number of hydrogen-bond acceptors (Lipinski definition) is 5. The highest BCUT2D eigenvalue weighted by Gasteiger charge is 2.29. The number of nitrogens with zero attached hydrogens (tertiary/aromatic N) is 2. The van der Waals surface area contributed by atoms with Crippen LogP contribution in [0, 0.1) is 0 Å². The molecule has 0 fully saturated rings. The monoisotopic (exact) mass is 303 g/mol. The molecule has 0 radical (unpaired) electrons. The van der Waals surface area contributed by atoms with E-state index in [9.17, 15) is 18.0 Å². The van der Waals surface area contributed by atoms with Crippen LogP contribution in [0.25, 0.3) is 0 Å². The molecule has 1 rings (SSSR count). The Morgan fingerprint density at radius 1 is 1.25 bits per heavy atom. The van der Waals surface area contributed by atoms with Gasteiger partial charge in [-0.2, -0.15) is 0 Å². The van der Waals surface area contributed by atoms with Crippen LogP contribution in [-0.4, -0.2) is 35.1 Å². The van der Waals surface area contributed by atoms with Gasteiger partial charge in [-0.05, 0) is 13.8 Å². The molecular weight excluding hydrogens is 282 g/mol. The third-order valence-corrected chi connectivity index (χ3v) is 5.54. The Balaban J connectivity index is 2.89. The number of rotatable bonds is 5. The van der Waals surface area contributed by atoms with Crippen LogP contribution in [0.2, 0.25) is 0 Å². The molecule has 1 N–H and O–H groups in total. The molecule has 114 valence electrons. The summed E-state index contributed by atoms with van der Waals surface area (Å²) in [5.74, 6) is 0. The van der Waals surface area contributed by atoms with E-state index in [0.29, 0.717) is 5.56 Å². The molecule has 0 bridgehead atoms. The topological polar surface area (TPSA) is 90.2 Å². The van der Waals surface area contributed by atoms with Crippen molar-refractivity contribution < 1.29 is 8.42 Å². The molecule has 0 aromatic carbocycles. The van der Waals surface area contributed by atoms with Gasteiger partial charge in [0.15, 0.2) is 9.84 Å². The minimum Gasteiger partial charge on any atom is -0.311 e. The van der Waals surface area contributed by atoms with Gasteiger partial charge in [-0.25, -0.2) is 13.2 Å². The zero-order valence-electron chi connectivity index (χ0n) is 12.4. The lowest BCUT2D eigenvalue weighted by atomic mass is 10.2. The van der Waals surface area contributed by atoms with Gasteiger partial charge >= 0.3 is 5.69 Å². The molecule has 1 aromatic heterocycles. The third-order valence-electron chi connectivity index (χ3n) is 3.39. The highest BCUT2D eigenvalue weighted by molar-refractivity contribution is 7.92. The van der Waals surface area contributed by atoms with Crippen LogP contribution < -0.4 is 16.6 Å². The highest BCUT2D eigenvalue weighted by atomic mass is 32.2. The Labute approximate surface area is 118 Å². The van der Waals surface area contributed by atoms with Gasteiger partial charge in [0.25, 0.3) is 5.56 Å². The minimum atomic E-state index is -3.19. The van der Waals surface area contributed by atoms with Crippen molar-refractivity contribution in [2.24, 2.45) is 14.1 Å². The van der Waals surface area contributed by atoms with Gasteiger partial charge in [0, 0.05) is 45.2 Å². The Kier molecular flexibility index (Phi) is 4.60. The van der Waals surface area contributed by atoms with Gasteiger partial charge in [0.05, 0.1) is 4.75 Å². The van der Waals surface area contributed by atoms with Crippen LogP contribution in [0.1, 0.15) is 19.4 Å². The van der Waals surface area contributed by atoms with Crippen molar-refractivity contribution in [1.82, 2.24) is 14.5 Å². The zero-order chi connectivity index (χ0) is 15.7. The summed E-state index contributed by atoms with van der Waals surface area (Å²) in [6, 6.07) is 0. The van der Waals surface area contributed by atoms with E-state index in [1.807, 2.05) is 0 Å². The second kappa shape index (κ2) is 5.53. The molecule has 0 aliphatic carbocycles. The maximum absolute atomic E-state index is 11.9. The van der Waals surface area contributed by atoms with Crippen LogP contribution in [0.15, 0.2) is 15.8 Å². The molecule has 7 nitrogen and oxygen atoms in total. The lowest BCUT2D eigenvalue weighted by molar-refractivity contribution is 0.518. The molecule has 0 atom stereocenters. The van der Waals surface area contributed by atoms with Crippen molar-refractivity contribution in [3.8, 4) is 0 Å². The highest BCUT2D eigenvalue weighted by Crippen LogP contribution is 2.13. The predicted octanol–water partition coefficient (Wildman–Crippen LogP) is -1.00. The first-order valence-corrected chi connectivity index (χ1v) is 8.02. The van der Waals surface area contributed by atoms with E-state index >= 15 is 0 Å². The number of hydrogen-bond donors (Lipinski definition) is 1. The van der Waals surface area contributed by atoms with Crippen molar-refractivity contribution in [1.29, 1.82) is 0 Å². The molecule has 0 aliphatic heterocycles. The molecule has 0 spiro atoms. The summed E-state index contributed by atoms with van der Waals surface area (Å²) >= 11 is 0. The van der Waals surface area contributed by atoms with Crippen LogP contribution in [0.5, 0.6) is 0 Å². The predicted molar refractivity (Wildman–Crippen MR) is 77.6 cm³/mol. The molecule has 0 unspecified atom stereocenters. The first-order valence-electron chi connectivity index (χ1n) is 6.13. The lowest BCUT2D eigenvalue weighted by Crippen LogP contribution is -2.43. The first kappa shape index (κ1) is 16.6. The van der Waals surface area contributed by atoms with Crippen molar-refractivity contribution >= 4 is 9.84 Å². The van der Waals surface area contributed by atoms with E-state index in [0.717, 1.165) is 4.57 Å². The molecule has 0 saturated heterocycles. The number of nitrogens with one attached hydrogen (secondary N) is 1. The summed E-state index contributed by atoms with van der Waals surface area (Å²) in [7, 11) is -0.218. The normalized spacial score (nSPS) is 12.7. The summed E-state index contributed by atoms with van der Waals surface area (Å²) < 4.78 is 24.6. The van der Waals surface area contributed by atoms with E-state index < -0.39 is 20.3 Å². The molecule has 8 heteroatoms.